The first-order chi connectivity index (χ1) is 7.83. The van der Waals surface area contributed by atoms with E-state index >= 15 is 0 Å². The van der Waals surface area contributed by atoms with Gasteiger partial charge >= 0.3 is 0 Å². The van der Waals surface area contributed by atoms with Crippen molar-refractivity contribution >= 4 is 22.9 Å². The van der Waals surface area contributed by atoms with Gasteiger partial charge in [0.2, 0.25) is 0 Å². The summed E-state index contributed by atoms with van der Waals surface area (Å²) in [6.07, 6.45) is 1.90. The predicted molar refractivity (Wildman–Crippen MR) is 69.8 cm³/mol. The van der Waals surface area contributed by atoms with E-state index in [1.54, 1.807) is 0 Å². The molecule has 1 saturated heterocycles. The molecule has 6 heteroatoms. The second kappa shape index (κ2) is 4.59. The normalized spacial score (nSPS) is 24.6. The number of fused-ring (bicyclic) bond motifs is 1. The van der Waals surface area contributed by atoms with Gasteiger partial charge in [-0.1, -0.05) is 0 Å². The third-order valence-corrected chi connectivity index (χ3v) is 4.29. The minimum absolute atomic E-state index is 1.02. The van der Waals surface area contributed by atoms with Crippen LogP contribution in [-0.4, -0.2) is 55.6 Å². The van der Waals surface area contributed by atoms with Crippen molar-refractivity contribution in [3.63, 3.8) is 0 Å². The molecule has 0 aliphatic carbocycles. The number of rotatable bonds is 1. The molecule has 3 heterocycles. The van der Waals surface area contributed by atoms with Crippen LogP contribution in [0.5, 0.6) is 0 Å². The maximum absolute atomic E-state index is 4.31. The number of hydrazine groups is 1. The molecular weight excluding hydrogens is 317 g/mol. The summed E-state index contributed by atoms with van der Waals surface area (Å²) in [5, 5.41) is 9.28. The van der Waals surface area contributed by atoms with E-state index in [0.717, 1.165) is 45.8 Å². The lowest BCUT2D eigenvalue weighted by atomic mass is 10.3. The molecule has 3 rings (SSSR count). The molecule has 0 aromatic carbocycles. The summed E-state index contributed by atoms with van der Waals surface area (Å²) < 4.78 is 4.48. The molecule has 0 bridgehead atoms. The zero-order valence-electron chi connectivity index (χ0n) is 9.22. The topological polar surface area (TPSA) is 27.5 Å². The second-order valence-electron chi connectivity index (χ2n) is 4.30. The highest BCUT2D eigenvalue weighted by molar-refractivity contribution is 14.1. The van der Waals surface area contributed by atoms with Gasteiger partial charge in [0.15, 0.2) is 0 Å². The summed E-state index contributed by atoms with van der Waals surface area (Å²) in [5.74, 6) is 0. The van der Waals surface area contributed by atoms with Crippen LogP contribution in [0.1, 0.15) is 5.69 Å². The molecule has 0 saturated carbocycles. The van der Waals surface area contributed by atoms with E-state index in [1.165, 1.54) is 5.69 Å². The van der Waals surface area contributed by atoms with Crippen LogP contribution in [0.15, 0.2) is 12.3 Å². The average Bonchev–Trinajstić information content (AvgIpc) is 2.77. The lowest BCUT2D eigenvalue weighted by Crippen LogP contribution is -2.53. The summed E-state index contributed by atoms with van der Waals surface area (Å²) in [6, 6.07) is 2.13. The van der Waals surface area contributed by atoms with E-state index < -0.39 is 0 Å². The molecule has 0 radical (unpaired) electrons. The fourth-order valence-electron chi connectivity index (χ4n) is 2.37. The quantitative estimate of drug-likeness (QED) is 0.555. The molecule has 2 aliphatic rings. The molecule has 0 N–H and O–H groups in total. The van der Waals surface area contributed by atoms with Gasteiger partial charge in [0.25, 0.3) is 0 Å². The van der Waals surface area contributed by atoms with E-state index in [1.807, 2.05) is 6.20 Å². The van der Waals surface area contributed by atoms with Crippen LogP contribution in [0.2, 0.25) is 0 Å². The van der Waals surface area contributed by atoms with Crippen molar-refractivity contribution in [2.45, 2.75) is 13.1 Å². The first-order valence-electron chi connectivity index (χ1n) is 5.74. The first kappa shape index (κ1) is 10.9. The van der Waals surface area contributed by atoms with Crippen molar-refractivity contribution < 1.29 is 0 Å². The lowest BCUT2D eigenvalue weighted by Gasteiger charge is -2.41. The van der Waals surface area contributed by atoms with Crippen molar-refractivity contribution in [1.82, 2.24) is 22.9 Å². The summed E-state index contributed by atoms with van der Waals surface area (Å²) in [7, 11) is 0. The van der Waals surface area contributed by atoms with Crippen LogP contribution in [0.25, 0.3) is 0 Å². The molecule has 1 aromatic heterocycles. The Morgan fingerprint density at radius 2 is 1.75 bits per heavy atom. The van der Waals surface area contributed by atoms with Crippen LogP contribution in [-0.2, 0) is 13.1 Å². The van der Waals surface area contributed by atoms with Crippen LogP contribution in [0.3, 0.4) is 0 Å². The zero-order chi connectivity index (χ0) is 11.0. The number of halogens is 1. The van der Waals surface area contributed by atoms with Gasteiger partial charge < -0.3 is 0 Å². The molecule has 0 spiro atoms. The smallest absolute Gasteiger partial charge is 0.0555 e. The number of hydrogen-bond donors (Lipinski definition) is 0. The van der Waals surface area contributed by atoms with E-state index in [2.05, 4.69) is 51.8 Å². The summed E-state index contributed by atoms with van der Waals surface area (Å²) >= 11 is 2.41. The molecule has 2 aliphatic heterocycles. The average molecular weight is 333 g/mol. The van der Waals surface area contributed by atoms with Crippen LogP contribution < -0.4 is 0 Å². The van der Waals surface area contributed by atoms with Crippen LogP contribution >= 0.6 is 22.9 Å². The summed E-state index contributed by atoms with van der Waals surface area (Å²) in [5.41, 5.74) is 1.34. The molecule has 0 unspecified atom stereocenters. The van der Waals surface area contributed by atoms with Gasteiger partial charge in [-0.2, -0.15) is 5.10 Å². The van der Waals surface area contributed by atoms with Crippen molar-refractivity contribution in [3.8, 4) is 0 Å². The van der Waals surface area contributed by atoms with Gasteiger partial charge in [0.05, 0.1) is 18.8 Å². The van der Waals surface area contributed by atoms with E-state index in [0.29, 0.717) is 0 Å². The summed E-state index contributed by atoms with van der Waals surface area (Å²) in [4.78, 5) is 0. The third-order valence-electron chi connectivity index (χ3n) is 3.32. The Morgan fingerprint density at radius 3 is 2.56 bits per heavy atom. The van der Waals surface area contributed by atoms with Crippen molar-refractivity contribution in [2.75, 3.05) is 32.7 Å². The third kappa shape index (κ3) is 2.11. The molecule has 16 heavy (non-hydrogen) atoms. The fraction of sp³-hybridized carbons (Fsp3) is 0.700. The Kier molecular flexibility index (Phi) is 3.14. The van der Waals surface area contributed by atoms with Gasteiger partial charge in [-0.3, -0.25) is 4.68 Å². The Labute approximate surface area is 109 Å². The van der Waals surface area contributed by atoms with Crippen LogP contribution in [0.4, 0.5) is 0 Å². The standard InChI is InChI=1S/C10H16IN5/c11-13-3-5-14(6-4-13)15-7-8-16-10(9-15)1-2-12-16/h1-2H,3-9H2. The van der Waals surface area contributed by atoms with Gasteiger partial charge in [-0.05, 0) is 6.07 Å². The monoisotopic (exact) mass is 333 g/mol. The molecular formula is C10H16IN5. The van der Waals surface area contributed by atoms with Crippen molar-refractivity contribution in [2.24, 2.45) is 0 Å². The Hall–Kier alpha value is -0.180. The molecule has 0 amide bonds. The Bertz CT molecular complexity index is 358. The van der Waals surface area contributed by atoms with E-state index in [9.17, 15) is 0 Å². The molecule has 5 nitrogen and oxygen atoms in total. The summed E-state index contributed by atoms with van der Waals surface area (Å²) in [6.45, 7) is 7.75. The van der Waals surface area contributed by atoms with Crippen LogP contribution in [0, 0.1) is 0 Å². The SMILES string of the molecule is IN1CCN(N2CCn3nccc3C2)CC1. The van der Waals surface area contributed by atoms with Gasteiger partial charge in [0.1, 0.15) is 0 Å². The maximum Gasteiger partial charge on any atom is 0.0555 e. The van der Waals surface area contributed by atoms with Crippen molar-refractivity contribution in [1.29, 1.82) is 0 Å². The van der Waals surface area contributed by atoms with Gasteiger partial charge in [-0.25, -0.2) is 13.1 Å². The minimum Gasteiger partial charge on any atom is -0.267 e. The lowest BCUT2D eigenvalue weighted by molar-refractivity contribution is -0.0627. The van der Waals surface area contributed by atoms with E-state index in [4.69, 9.17) is 0 Å². The zero-order valence-corrected chi connectivity index (χ0v) is 11.4. The van der Waals surface area contributed by atoms with Gasteiger partial charge in [0, 0.05) is 61.8 Å². The number of nitrogens with zero attached hydrogens (tertiary/aromatic N) is 5. The second-order valence-corrected chi connectivity index (χ2v) is 5.66. The first-order valence-corrected chi connectivity index (χ1v) is 6.70. The Balaban J connectivity index is 1.65. The molecule has 1 aromatic rings. The van der Waals surface area contributed by atoms with E-state index in [-0.39, 0.29) is 0 Å². The number of aromatic nitrogens is 2. The molecule has 88 valence electrons. The molecule has 1 fully saturated rings. The highest BCUT2D eigenvalue weighted by Gasteiger charge is 2.24. The predicted octanol–water partition coefficient (Wildman–Crippen LogP) is 0.581. The number of piperazine rings is 1. The largest absolute Gasteiger partial charge is 0.267 e. The highest BCUT2D eigenvalue weighted by atomic mass is 127. The fourth-order valence-corrected chi connectivity index (χ4v) is 2.80. The maximum atomic E-state index is 4.31. The van der Waals surface area contributed by atoms with Crippen molar-refractivity contribution in [3.05, 3.63) is 18.0 Å². The molecule has 0 atom stereocenters. The minimum atomic E-state index is 1.02. The highest BCUT2D eigenvalue weighted by Crippen LogP contribution is 2.16. The van der Waals surface area contributed by atoms with Gasteiger partial charge in [-0.15, -0.1) is 0 Å². The Morgan fingerprint density at radius 1 is 1.00 bits per heavy atom. The number of hydrogen-bond acceptors (Lipinski definition) is 4.